The molecule has 5 heterocycles. The number of fused-ring (bicyclic) bond motifs is 8. The minimum absolute atomic E-state index is 0. The van der Waals surface area contributed by atoms with Crippen LogP contribution in [0.1, 0.15) is 33.9 Å². The molecular formula is C58H56Cl2I2N8O4Si2Zn. The molecule has 0 aliphatic carbocycles. The molecule has 77 heavy (non-hydrogen) atoms. The summed E-state index contributed by atoms with van der Waals surface area (Å²) in [6.07, 6.45) is 6.96. The molecule has 2 aliphatic rings. The molecule has 2 aliphatic heterocycles. The number of benzene rings is 4. The van der Waals surface area contributed by atoms with Gasteiger partial charge in [-0.2, -0.15) is 20.2 Å². The minimum atomic E-state index is -1.39. The number of aromatic nitrogens is 4. The van der Waals surface area contributed by atoms with Gasteiger partial charge in [0.1, 0.15) is 0 Å². The summed E-state index contributed by atoms with van der Waals surface area (Å²) in [5, 5.41) is 18.3. The SMILES string of the molecule is C[Si](C)(C)CCOC(=O)NC(=[NH2+])c1ccc(-c2c3nc(c(-c4cccc(I)c4)c4ccc([n-]4)c(-c4ccc(C(=[NH2+])NC(=O)OCC[Si](C)(C)C)cc4)c4nc(c(-c5cccc(I)c5)c5ccc2[n-]5)C=C4)C=C3)cc1.[Cl-].[Cl-].[Zn+2]. The zero-order valence-electron chi connectivity index (χ0n) is 43.5. The van der Waals surface area contributed by atoms with Crippen LogP contribution in [-0.2, 0) is 29.0 Å². The molecule has 0 atom stereocenters. The number of amides is 2. The predicted octanol–water partition coefficient (Wildman–Crippen LogP) is 4.94. The van der Waals surface area contributed by atoms with Crippen molar-refractivity contribution in [2.75, 3.05) is 13.2 Å². The number of alkyl carbamates (subject to hydrolysis) is 2. The number of hydrogen-bond acceptors (Lipinski definition) is 6. The first kappa shape index (κ1) is 60.7. The Labute approximate surface area is 503 Å². The van der Waals surface area contributed by atoms with E-state index < -0.39 is 28.3 Å². The zero-order valence-corrected chi connectivity index (χ0v) is 54.3. The summed E-state index contributed by atoms with van der Waals surface area (Å²) in [4.78, 5) is 47.1. The third-order valence-corrected chi connectivity index (χ3v) is 17.2. The van der Waals surface area contributed by atoms with Crippen molar-refractivity contribution < 1.29 is 74.2 Å². The Morgan fingerprint density at radius 3 is 1.10 bits per heavy atom. The number of carbonyl (C=O) groups is 2. The van der Waals surface area contributed by atoms with Crippen molar-refractivity contribution >= 4 is 132 Å². The van der Waals surface area contributed by atoms with E-state index in [1.54, 1.807) is 0 Å². The number of ether oxygens (including phenoxy) is 2. The van der Waals surface area contributed by atoms with Gasteiger partial charge in [0.2, 0.25) is 0 Å². The number of nitrogens with one attached hydrogen (secondary N) is 2. The molecule has 4 aromatic carbocycles. The largest absolute Gasteiger partial charge is 2.00 e. The van der Waals surface area contributed by atoms with Gasteiger partial charge in [-0.15, -0.1) is 22.1 Å². The summed E-state index contributed by atoms with van der Waals surface area (Å²) in [6, 6.07) is 41.9. The van der Waals surface area contributed by atoms with E-state index in [4.69, 9.17) is 40.2 Å². The molecule has 19 heteroatoms. The van der Waals surface area contributed by atoms with Crippen LogP contribution < -0.4 is 56.2 Å². The van der Waals surface area contributed by atoms with E-state index in [9.17, 15) is 9.59 Å². The monoisotopic (exact) mass is 1370 g/mol. The van der Waals surface area contributed by atoms with Crippen LogP contribution in [-0.4, -0.2) is 63.2 Å². The smallest absolute Gasteiger partial charge is 1.00 e. The van der Waals surface area contributed by atoms with Crippen LogP contribution in [0.2, 0.25) is 51.4 Å². The van der Waals surface area contributed by atoms with E-state index in [2.05, 4.69) is 131 Å². The van der Waals surface area contributed by atoms with Crippen molar-refractivity contribution in [3.05, 3.63) is 162 Å². The summed E-state index contributed by atoms with van der Waals surface area (Å²) in [5.41, 5.74) is 14.0. The summed E-state index contributed by atoms with van der Waals surface area (Å²) < 4.78 is 13.1. The van der Waals surface area contributed by atoms with Crippen molar-refractivity contribution in [3.63, 3.8) is 0 Å². The summed E-state index contributed by atoms with van der Waals surface area (Å²) in [7, 11) is -2.77. The van der Waals surface area contributed by atoms with Crippen LogP contribution in [0.4, 0.5) is 9.59 Å². The fourth-order valence-corrected chi connectivity index (χ4v) is 11.0. The number of rotatable bonds is 12. The number of hydrogen-bond donors (Lipinski definition) is 4. The van der Waals surface area contributed by atoms with Gasteiger partial charge in [-0.05, 0) is 175 Å². The van der Waals surface area contributed by atoms with Crippen molar-refractivity contribution in [2.24, 2.45) is 0 Å². The van der Waals surface area contributed by atoms with Crippen LogP contribution in [0.3, 0.4) is 0 Å². The van der Waals surface area contributed by atoms with Gasteiger partial charge in [0.15, 0.2) is 0 Å². The van der Waals surface area contributed by atoms with Crippen molar-refractivity contribution in [1.82, 2.24) is 30.6 Å². The molecule has 6 N–H and O–H groups in total. The Balaban J connectivity index is 0.00000320. The normalized spacial score (nSPS) is 11.6. The van der Waals surface area contributed by atoms with E-state index in [0.717, 1.165) is 86.2 Å². The van der Waals surface area contributed by atoms with Gasteiger partial charge in [-0.25, -0.2) is 9.97 Å². The average Bonchev–Trinajstić information content (AvgIpc) is 4.21. The molecule has 0 spiro atoms. The second-order valence-electron chi connectivity index (χ2n) is 20.5. The Morgan fingerprint density at radius 1 is 0.494 bits per heavy atom. The average molecular weight is 1380 g/mol. The summed E-state index contributed by atoms with van der Waals surface area (Å²) in [5.74, 6) is 0.383. The van der Waals surface area contributed by atoms with Crippen LogP contribution >= 0.6 is 45.2 Å². The maximum Gasteiger partial charge on any atom is 2.00 e. The second-order valence-corrected chi connectivity index (χ2v) is 34.2. The first-order chi connectivity index (χ1) is 35.4. The summed E-state index contributed by atoms with van der Waals surface area (Å²) >= 11 is 4.68. The van der Waals surface area contributed by atoms with Crippen molar-refractivity contribution in [2.45, 2.75) is 51.4 Å². The second kappa shape index (κ2) is 25.9. The first-order valence-corrected chi connectivity index (χ1v) is 33.8. The first-order valence-electron chi connectivity index (χ1n) is 24.3. The Kier molecular flexibility index (Phi) is 20.4. The van der Waals surface area contributed by atoms with E-state index in [-0.39, 0.29) is 56.0 Å². The van der Waals surface area contributed by atoms with Gasteiger partial charge >= 0.3 is 31.7 Å². The number of nitrogens with zero attached hydrogens (tertiary/aromatic N) is 4. The zero-order chi connectivity index (χ0) is 52.3. The van der Waals surface area contributed by atoms with Gasteiger partial charge in [0.25, 0.3) is 11.7 Å². The molecule has 0 fully saturated rings. The van der Waals surface area contributed by atoms with E-state index >= 15 is 0 Å². The molecule has 2 amide bonds. The van der Waals surface area contributed by atoms with Crippen LogP contribution in [0.5, 0.6) is 0 Å². The van der Waals surface area contributed by atoms with E-state index in [1.807, 2.05) is 109 Å². The Morgan fingerprint density at radius 2 is 0.805 bits per heavy atom. The fraction of sp³-hybridized carbons (Fsp3) is 0.172. The molecule has 0 saturated carbocycles. The molecule has 8 bridgehead atoms. The molecule has 390 valence electrons. The Hall–Kier alpha value is -5.54. The topological polar surface area (TPSA) is 182 Å². The third-order valence-electron chi connectivity index (χ3n) is 12.4. The molecule has 0 saturated heterocycles. The van der Waals surface area contributed by atoms with Crippen LogP contribution in [0, 0.1) is 7.14 Å². The molecule has 3 aromatic heterocycles. The van der Waals surface area contributed by atoms with Crippen LogP contribution in [0.15, 0.2) is 121 Å². The van der Waals surface area contributed by atoms with Gasteiger partial charge in [-0.1, -0.05) is 112 Å². The van der Waals surface area contributed by atoms with Gasteiger partial charge in [0.05, 0.1) is 47.1 Å². The molecule has 0 radical (unpaired) electrons. The number of nitrogens with two attached hydrogens (primary N) is 2. The number of amidine groups is 2. The molecule has 12 nitrogen and oxygen atoms in total. The number of carbonyl (C=O) groups excluding carboxylic acids is 2. The third kappa shape index (κ3) is 15.0. The van der Waals surface area contributed by atoms with E-state index in [1.165, 1.54) is 0 Å². The van der Waals surface area contributed by atoms with Gasteiger partial charge in [-0.3, -0.25) is 10.8 Å². The maximum absolute atomic E-state index is 12.7. The molecular weight excluding hydrogens is 1320 g/mol. The predicted molar refractivity (Wildman–Crippen MR) is 321 cm³/mol. The quantitative estimate of drug-likeness (QED) is 0.0575. The molecule has 9 rings (SSSR count). The van der Waals surface area contributed by atoms with Crippen LogP contribution in [0.25, 0.3) is 90.9 Å². The number of halogens is 4. The van der Waals surface area contributed by atoms with Crippen molar-refractivity contribution in [3.8, 4) is 44.5 Å². The standard InChI is InChI=1S/C58H56I2N8O4Si2.2ClH.Zn/c1-73(2,3)31-29-71-57(69)67-55(61)37-17-13-35(14-18-37)51-43-21-25-47(63-43)53(39-9-7-11-41(59)33-39)49-27-23-45(65-49)52(36-15-19-38(20-16-36)56(62)68-58(70)72-30-32-74(4,5)6)46-24-28-50(66-46)54(48-26-22-44(51)64-48)40-10-8-12-42(60)34-40;;;/h7-28,33-34H,29-32H2,1-6H3,(H6,61,62,63,64,65,66,67,68,69,70);2*1H;/q;;;+2/p-2. The molecule has 0 unspecified atom stereocenters. The summed E-state index contributed by atoms with van der Waals surface area (Å²) in [6.45, 7) is 14.1. The van der Waals surface area contributed by atoms with E-state index in [0.29, 0.717) is 46.8 Å². The Bertz CT molecular complexity index is 3380. The maximum atomic E-state index is 12.7. The fourth-order valence-electron chi connectivity index (χ4n) is 8.53. The van der Waals surface area contributed by atoms with Gasteiger partial charge < -0.3 is 44.3 Å². The minimum Gasteiger partial charge on any atom is -1.00 e. The molecule has 7 aromatic rings. The van der Waals surface area contributed by atoms with Crippen molar-refractivity contribution in [1.29, 1.82) is 0 Å². The van der Waals surface area contributed by atoms with Gasteiger partial charge in [0, 0.05) is 23.3 Å².